The molecular weight excluding hydrogens is 288 g/mol. The normalized spacial score (nSPS) is 11.6. The molecule has 3 nitrogen and oxygen atoms in total. The van der Waals surface area contributed by atoms with E-state index < -0.39 is 5.97 Å². The maximum absolute atomic E-state index is 10.6. The Kier molecular flexibility index (Phi) is 6.28. The first-order valence-corrected chi connectivity index (χ1v) is 7.36. The number of hydrogen-bond donors (Lipinski definition) is 1. The Morgan fingerprint density at radius 1 is 1.19 bits per heavy atom. The van der Waals surface area contributed by atoms with E-state index in [1.54, 1.807) is 7.11 Å². The molecule has 4 heteroatoms. The largest absolute Gasteiger partial charge is 0.496 e. The average Bonchev–Trinajstić information content (AvgIpc) is 2.45. The molecule has 1 rings (SSSR count). The van der Waals surface area contributed by atoms with Gasteiger partial charge in [0.1, 0.15) is 5.75 Å². The predicted molar refractivity (Wildman–Crippen MR) is 86.5 cm³/mol. The molecule has 1 aromatic rings. The van der Waals surface area contributed by atoms with E-state index in [4.69, 9.17) is 21.4 Å². The third-order valence-corrected chi connectivity index (χ3v) is 4.45. The molecule has 0 fully saturated rings. The second-order valence-corrected chi connectivity index (χ2v) is 5.73. The number of hydrogen-bond acceptors (Lipinski definition) is 2. The van der Waals surface area contributed by atoms with Gasteiger partial charge < -0.3 is 9.84 Å². The van der Waals surface area contributed by atoms with Crippen LogP contribution in [0.1, 0.15) is 42.0 Å². The van der Waals surface area contributed by atoms with Gasteiger partial charge >= 0.3 is 5.97 Å². The minimum absolute atomic E-state index is 0.159. The number of carboxylic acids is 1. The Bertz CT molecular complexity index is 574. The molecule has 0 unspecified atom stereocenters. The minimum Gasteiger partial charge on any atom is -0.496 e. The van der Waals surface area contributed by atoms with Crippen LogP contribution in [0.5, 0.6) is 5.75 Å². The van der Waals surface area contributed by atoms with Crippen molar-refractivity contribution in [2.75, 3.05) is 7.11 Å². The summed E-state index contributed by atoms with van der Waals surface area (Å²) >= 11 is 6.38. The van der Waals surface area contributed by atoms with Crippen LogP contribution in [0.2, 0.25) is 5.02 Å². The molecule has 0 radical (unpaired) electrons. The van der Waals surface area contributed by atoms with Crippen molar-refractivity contribution >= 4 is 17.6 Å². The smallest absolute Gasteiger partial charge is 0.303 e. The highest BCUT2D eigenvalue weighted by Crippen LogP contribution is 2.36. The fourth-order valence-electron chi connectivity index (χ4n) is 2.35. The van der Waals surface area contributed by atoms with E-state index in [0.717, 1.165) is 38.6 Å². The van der Waals surface area contributed by atoms with Crippen LogP contribution in [-0.2, 0) is 11.2 Å². The summed E-state index contributed by atoms with van der Waals surface area (Å²) in [5, 5.41) is 9.49. The van der Waals surface area contributed by atoms with Crippen molar-refractivity contribution in [1.29, 1.82) is 0 Å². The fraction of sp³-hybridized carbons (Fsp3) is 0.471. The molecule has 1 aromatic carbocycles. The Morgan fingerprint density at radius 3 is 2.33 bits per heavy atom. The first-order valence-electron chi connectivity index (χ1n) is 6.99. The molecule has 116 valence electrons. The highest BCUT2D eigenvalue weighted by Gasteiger charge is 2.16. The lowest BCUT2D eigenvalue weighted by atomic mass is 9.95. The topological polar surface area (TPSA) is 46.5 Å². The van der Waals surface area contributed by atoms with Gasteiger partial charge in [-0.15, -0.1) is 0 Å². The number of ether oxygens (including phenoxy) is 1. The van der Waals surface area contributed by atoms with Crippen LogP contribution in [-0.4, -0.2) is 18.2 Å². The van der Waals surface area contributed by atoms with Crippen molar-refractivity contribution in [3.63, 3.8) is 0 Å². The third-order valence-electron chi connectivity index (χ3n) is 3.88. The number of aliphatic carboxylic acids is 1. The van der Waals surface area contributed by atoms with Crippen molar-refractivity contribution in [1.82, 2.24) is 0 Å². The molecule has 0 aliphatic rings. The molecule has 0 aliphatic carbocycles. The van der Waals surface area contributed by atoms with Crippen molar-refractivity contribution in [3.05, 3.63) is 38.9 Å². The number of carbonyl (C=O) groups is 1. The molecule has 0 aliphatic heterocycles. The number of benzene rings is 1. The van der Waals surface area contributed by atoms with Gasteiger partial charge in [-0.1, -0.05) is 23.3 Å². The lowest BCUT2D eigenvalue weighted by Crippen LogP contribution is -2.01. The van der Waals surface area contributed by atoms with Crippen molar-refractivity contribution in [3.8, 4) is 5.75 Å². The molecule has 21 heavy (non-hydrogen) atoms. The second-order valence-electron chi connectivity index (χ2n) is 5.35. The van der Waals surface area contributed by atoms with Gasteiger partial charge in [-0.05, 0) is 57.2 Å². The van der Waals surface area contributed by atoms with Crippen LogP contribution in [0.15, 0.2) is 11.6 Å². The highest BCUT2D eigenvalue weighted by atomic mass is 35.5. The lowest BCUT2D eigenvalue weighted by molar-refractivity contribution is -0.136. The summed E-state index contributed by atoms with van der Waals surface area (Å²) in [6.45, 7) is 7.94. The van der Waals surface area contributed by atoms with Gasteiger partial charge in [0.05, 0.1) is 7.11 Å². The molecule has 0 spiro atoms. The van der Waals surface area contributed by atoms with Gasteiger partial charge in [0, 0.05) is 17.0 Å². The molecule has 0 heterocycles. The van der Waals surface area contributed by atoms with Crippen molar-refractivity contribution in [2.45, 2.75) is 47.0 Å². The zero-order chi connectivity index (χ0) is 16.2. The maximum atomic E-state index is 10.6. The van der Waals surface area contributed by atoms with Crippen LogP contribution in [0, 0.1) is 20.8 Å². The number of methoxy groups -OCH3 is 1. The number of allylic oxidation sites excluding steroid dienone is 2. The zero-order valence-corrected chi connectivity index (χ0v) is 14.1. The van der Waals surface area contributed by atoms with E-state index in [-0.39, 0.29) is 6.42 Å². The quantitative estimate of drug-likeness (QED) is 0.779. The Labute approximate surface area is 131 Å². The van der Waals surface area contributed by atoms with E-state index in [9.17, 15) is 4.79 Å². The fourth-order valence-corrected chi connectivity index (χ4v) is 2.61. The summed E-state index contributed by atoms with van der Waals surface area (Å²) in [4.78, 5) is 10.6. The Hall–Kier alpha value is -1.48. The van der Waals surface area contributed by atoms with E-state index in [2.05, 4.69) is 6.08 Å². The summed E-state index contributed by atoms with van der Waals surface area (Å²) in [6.07, 6.45) is 3.47. The standard InChI is InChI=1S/C17H23ClO3/c1-10(7-9-15(19)20)6-8-14-13(4)16(18)11(2)12(3)17(14)21-5/h6H,7-9H2,1-5H3,(H,19,20)/b10-6+. The molecule has 0 amide bonds. The maximum Gasteiger partial charge on any atom is 0.303 e. The number of halogens is 1. The van der Waals surface area contributed by atoms with Crippen LogP contribution in [0.3, 0.4) is 0 Å². The monoisotopic (exact) mass is 310 g/mol. The van der Waals surface area contributed by atoms with Gasteiger partial charge in [-0.3, -0.25) is 4.79 Å². The summed E-state index contributed by atoms with van der Waals surface area (Å²) in [6, 6.07) is 0. The van der Waals surface area contributed by atoms with Crippen LogP contribution >= 0.6 is 11.6 Å². The van der Waals surface area contributed by atoms with E-state index in [1.807, 2.05) is 27.7 Å². The summed E-state index contributed by atoms with van der Waals surface area (Å²) in [5.41, 5.74) is 5.26. The highest BCUT2D eigenvalue weighted by molar-refractivity contribution is 6.32. The molecule has 0 saturated heterocycles. The minimum atomic E-state index is -0.772. The van der Waals surface area contributed by atoms with Gasteiger partial charge in [0.15, 0.2) is 0 Å². The number of carboxylic acid groups (broad SMARTS) is 1. The molecule has 1 N–H and O–H groups in total. The number of rotatable bonds is 6. The first kappa shape index (κ1) is 17.6. The predicted octanol–water partition coefficient (Wildman–Crippen LogP) is 4.63. The second kappa shape index (κ2) is 7.51. The molecule has 0 bridgehead atoms. The molecule has 0 aromatic heterocycles. The van der Waals surface area contributed by atoms with Gasteiger partial charge in [0.2, 0.25) is 0 Å². The van der Waals surface area contributed by atoms with Gasteiger partial charge in [0.25, 0.3) is 0 Å². The summed E-state index contributed by atoms with van der Waals surface area (Å²) in [5.74, 6) is 0.0995. The van der Waals surface area contributed by atoms with Crippen LogP contribution in [0.25, 0.3) is 0 Å². The first-order chi connectivity index (χ1) is 9.79. The average molecular weight is 311 g/mol. The van der Waals surface area contributed by atoms with Gasteiger partial charge in [-0.2, -0.15) is 0 Å². The zero-order valence-electron chi connectivity index (χ0n) is 13.3. The SMILES string of the molecule is COc1c(C)c(C)c(Cl)c(C)c1C/C=C(\C)CCC(=O)O. The van der Waals surface area contributed by atoms with E-state index >= 15 is 0 Å². The van der Waals surface area contributed by atoms with Crippen LogP contribution in [0.4, 0.5) is 0 Å². The van der Waals surface area contributed by atoms with E-state index in [1.165, 1.54) is 0 Å². The van der Waals surface area contributed by atoms with Crippen molar-refractivity contribution < 1.29 is 14.6 Å². The lowest BCUT2D eigenvalue weighted by Gasteiger charge is -2.18. The molecule has 0 atom stereocenters. The summed E-state index contributed by atoms with van der Waals surface area (Å²) in [7, 11) is 1.67. The van der Waals surface area contributed by atoms with Crippen LogP contribution < -0.4 is 4.74 Å². The van der Waals surface area contributed by atoms with E-state index in [0.29, 0.717) is 12.8 Å². The molecular formula is C17H23ClO3. The van der Waals surface area contributed by atoms with Crippen molar-refractivity contribution in [2.24, 2.45) is 0 Å². The molecule has 0 saturated carbocycles. The summed E-state index contributed by atoms with van der Waals surface area (Å²) < 4.78 is 5.54. The van der Waals surface area contributed by atoms with Gasteiger partial charge in [-0.25, -0.2) is 0 Å². The Morgan fingerprint density at radius 2 is 1.81 bits per heavy atom. The Balaban J connectivity index is 3.08. The third kappa shape index (κ3) is 4.24.